The summed E-state index contributed by atoms with van der Waals surface area (Å²) in [7, 11) is 0. The average Bonchev–Trinajstić information content (AvgIpc) is 2.47. The van der Waals surface area contributed by atoms with Gasteiger partial charge in [-0.15, -0.1) is 0 Å². The number of fused-ring (bicyclic) bond motifs is 2. The molecule has 0 aromatic heterocycles. The van der Waals surface area contributed by atoms with Crippen molar-refractivity contribution in [3.63, 3.8) is 0 Å². The summed E-state index contributed by atoms with van der Waals surface area (Å²) in [4.78, 5) is 11.1. The molecule has 2 bridgehead atoms. The first-order chi connectivity index (χ1) is 10.3. The van der Waals surface area contributed by atoms with Crippen molar-refractivity contribution in [2.45, 2.75) is 33.1 Å². The molecule has 2 N–H and O–H groups in total. The molecule has 3 nitrogen and oxygen atoms in total. The first-order valence-electron chi connectivity index (χ1n) is 7.72. The third-order valence-corrected chi connectivity index (χ3v) is 6.04. The van der Waals surface area contributed by atoms with Gasteiger partial charge in [0.25, 0.3) is 5.91 Å². The first kappa shape index (κ1) is 15.6. The van der Waals surface area contributed by atoms with Crippen LogP contribution in [-0.2, 0) is 0 Å². The van der Waals surface area contributed by atoms with Gasteiger partial charge in [0.1, 0.15) is 11.6 Å². The predicted molar refractivity (Wildman–Crippen MR) is 83.5 cm³/mol. The number of benzene rings is 1. The Morgan fingerprint density at radius 3 is 2.77 bits per heavy atom. The van der Waals surface area contributed by atoms with Crippen LogP contribution in [0.3, 0.4) is 0 Å². The molecule has 3 unspecified atom stereocenters. The second-order valence-electron chi connectivity index (χ2n) is 7.14. The zero-order valence-electron chi connectivity index (χ0n) is 12.9. The molecule has 1 amide bonds. The standard InChI is InChI=1S/C17H21ClFNO2/c1-17(2)10-4-3-9(12(17)5-10)8-22-15-7-14(19)11(16(20)21)6-13(15)18/h6-7,9-10,12H,3-5,8H2,1-2H3,(H2,20,21). The summed E-state index contributed by atoms with van der Waals surface area (Å²) in [6.07, 6.45) is 3.65. The van der Waals surface area contributed by atoms with Gasteiger partial charge in [0.2, 0.25) is 0 Å². The normalized spacial score (nSPS) is 28.8. The Labute approximate surface area is 135 Å². The van der Waals surface area contributed by atoms with Crippen LogP contribution >= 0.6 is 11.6 Å². The van der Waals surface area contributed by atoms with Crippen LogP contribution in [-0.4, -0.2) is 12.5 Å². The lowest BCUT2D eigenvalue weighted by Crippen LogP contribution is -2.53. The maximum absolute atomic E-state index is 13.8. The zero-order valence-corrected chi connectivity index (χ0v) is 13.6. The van der Waals surface area contributed by atoms with E-state index in [1.165, 1.54) is 18.9 Å². The van der Waals surface area contributed by atoms with Crippen LogP contribution in [0.1, 0.15) is 43.5 Å². The second kappa shape index (κ2) is 5.41. The number of primary amides is 1. The van der Waals surface area contributed by atoms with E-state index in [9.17, 15) is 9.18 Å². The molecule has 0 saturated heterocycles. The maximum Gasteiger partial charge on any atom is 0.251 e. The lowest BCUT2D eigenvalue weighted by Gasteiger charge is -2.60. The van der Waals surface area contributed by atoms with Crippen molar-refractivity contribution in [2.75, 3.05) is 6.61 Å². The number of hydrogen-bond donors (Lipinski definition) is 1. The van der Waals surface area contributed by atoms with E-state index in [0.29, 0.717) is 23.9 Å². The van der Waals surface area contributed by atoms with Gasteiger partial charge >= 0.3 is 0 Å². The second-order valence-corrected chi connectivity index (χ2v) is 7.54. The van der Waals surface area contributed by atoms with Gasteiger partial charge in [-0.05, 0) is 48.5 Å². The van der Waals surface area contributed by atoms with Crippen LogP contribution in [0.2, 0.25) is 5.02 Å². The lowest BCUT2D eigenvalue weighted by atomic mass is 9.46. The lowest BCUT2D eigenvalue weighted by molar-refractivity contribution is -0.114. The number of rotatable bonds is 4. The molecule has 1 aromatic rings. The number of halogens is 2. The number of amides is 1. The van der Waals surface area contributed by atoms with Crippen molar-refractivity contribution < 1.29 is 13.9 Å². The Kier molecular flexibility index (Phi) is 3.84. The minimum Gasteiger partial charge on any atom is -0.492 e. The van der Waals surface area contributed by atoms with Gasteiger partial charge < -0.3 is 10.5 Å². The SMILES string of the molecule is CC1(C)C2CCC(COc3cc(F)c(C(N)=O)cc3Cl)C1C2. The van der Waals surface area contributed by atoms with Gasteiger partial charge in [-0.1, -0.05) is 25.4 Å². The average molecular weight is 326 g/mol. The highest BCUT2D eigenvalue weighted by atomic mass is 35.5. The molecule has 3 aliphatic rings. The third kappa shape index (κ3) is 2.47. The predicted octanol–water partition coefficient (Wildman–Crippen LogP) is 4.03. The van der Waals surface area contributed by atoms with Crippen molar-refractivity contribution >= 4 is 17.5 Å². The van der Waals surface area contributed by atoms with Crippen molar-refractivity contribution in [3.05, 3.63) is 28.5 Å². The van der Waals surface area contributed by atoms with Gasteiger partial charge in [-0.3, -0.25) is 4.79 Å². The molecule has 4 rings (SSSR count). The molecule has 0 aliphatic heterocycles. The summed E-state index contributed by atoms with van der Waals surface area (Å²) in [5.74, 6) is 0.739. The number of carbonyl (C=O) groups is 1. The quantitative estimate of drug-likeness (QED) is 0.908. The molecule has 120 valence electrons. The van der Waals surface area contributed by atoms with Gasteiger partial charge in [-0.25, -0.2) is 4.39 Å². The van der Waals surface area contributed by atoms with Gasteiger partial charge in [0.15, 0.2) is 0 Å². The molecule has 0 heterocycles. The molecule has 3 atom stereocenters. The first-order valence-corrected chi connectivity index (χ1v) is 8.10. The topological polar surface area (TPSA) is 52.3 Å². The summed E-state index contributed by atoms with van der Waals surface area (Å²) in [5.41, 5.74) is 5.28. The van der Waals surface area contributed by atoms with E-state index >= 15 is 0 Å². The van der Waals surface area contributed by atoms with Crippen molar-refractivity contribution in [2.24, 2.45) is 28.9 Å². The number of carbonyl (C=O) groups excluding carboxylic acids is 1. The van der Waals surface area contributed by atoms with Crippen LogP contribution in [0.25, 0.3) is 0 Å². The Hall–Kier alpha value is -1.29. The third-order valence-electron chi connectivity index (χ3n) is 5.74. The number of hydrogen-bond acceptors (Lipinski definition) is 2. The Bertz CT molecular complexity index is 615. The fourth-order valence-corrected chi connectivity index (χ4v) is 4.41. The van der Waals surface area contributed by atoms with Gasteiger partial charge in [0.05, 0.1) is 17.2 Å². The van der Waals surface area contributed by atoms with Crippen LogP contribution in [0.4, 0.5) is 4.39 Å². The Balaban J connectivity index is 1.69. The van der Waals surface area contributed by atoms with Gasteiger partial charge in [0, 0.05) is 6.07 Å². The fraction of sp³-hybridized carbons (Fsp3) is 0.588. The molecular formula is C17H21ClFNO2. The molecular weight excluding hydrogens is 305 g/mol. The van der Waals surface area contributed by atoms with E-state index in [2.05, 4.69) is 13.8 Å². The summed E-state index contributed by atoms with van der Waals surface area (Å²) in [6, 6.07) is 2.39. The highest BCUT2D eigenvalue weighted by molar-refractivity contribution is 6.32. The summed E-state index contributed by atoms with van der Waals surface area (Å²) >= 11 is 6.07. The number of ether oxygens (including phenoxy) is 1. The smallest absolute Gasteiger partial charge is 0.251 e. The van der Waals surface area contributed by atoms with Crippen molar-refractivity contribution in [1.82, 2.24) is 0 Å². The summed E-state index contributed by atoms with van der Waals surface area (Å²) in [6.45, 7) is 5.19. The fourth-order valence-electron chi connectivity index (χ4n) is 4.19. The highest BCUT2D eigenvalue weighted by Gasteiger charge is 2.54. The van der Waals surface area contributed by atoms with Crippen LogP contribution in [0.15, 0.2) is 12.1 Å². The molecule has 5 heteroatoms. The van der Waals surface area contributed by atoms with E-state index in [-0.39, 0.29) is 16.3 Å². The van der Waals surface area contributed by atoms with Crippen LogP contribution in [0.5, 0.6) is 5.75 Å². The zero-order chi connectivity index (χ0) is 16.1. The van der Waals surface area contributed by atoms with Crippen LogP contribution in [0, 0.1) is 29.0 Å². The molecule has 3 saturated carbocycles. The monoisotopic (exact) mass is 325 g/mol. The van der Waals surface area contributed by atoms with Crippen molar-refractivity contribution in [1.29, 1.82) is 0 Å². The van der Waals surface area contributed by atoms with E-state index < -0.39 is 11.7 Å². The largest absolute Gasteiger partial charge is 0.492 e. The van der Waals surface area contributed by atoms with E-state index in [4.69, 9.17) is 22.1 Å². The molecule has 1 aromatic carbocycles. The molecule has 22 heavy (non-hydrogen) atoms. The van der Waals surface area contributed by atoms with Crippen molar-refractivity contribution in [3.8, 4) is 5.75 Å². The molecule has 0 spiro atoms. The Morgan fingerprint density at radius 2 is 2.18 bits per heavy atom. The number of nitrogens with two attached hydrogens (primary N) is 1. The molecule has 0 radical (unpaired) electrons. The van der Waals surface area contributed by atoms with Gasteiger partial charge in [-0.2, -0.15) is 0 Å². The highest BCUT2D eigenvalue weighted by Crippen LogP contribution is 2.61. The van der Waals surface area contributed by atoms with Crippen LogP contribution < -0.4 is 10.5 Å². The Morgan fingerprint density at radius 1 is 1.45 bits per heavy atom. The summed E-state index contributed by atoms with van der Waals surface area (Å²) in [5, 5.41) is 0.219. The minimum absolute atomic E-state index is 0.210. The minimum atomic E-state index is -0.833. The molecule has 3 fully saturated rings. The van der Waals surface area contributed by atoms with E-state index in [1.54, 1.807) is 0 Å². The molecule has 3 aliphatic carbocycles. The maximum atomic E-state index is 13.8. The van der Waals surface area contributed by atoms with E-state index in [0.717, 1.165) is 18.4 Å². The summed E-state index contributed by atoms with van der Waals surface area (Å²) < 4.78 is 19.6. The van der Waals surface area contributed by atoms with E-state index in [1.807, 2.05) is 0 Å².